The number of nitrogens with two attached hydrogens (primary N) is 1. The van der Waals surface area contributed by atoms with Crippen LogP contribution in [-0.2, 0) is 37.5 Å². The predicted octanol–water partition coefficient (Wildman–Crippen LogP) is 12.1. The molecule has 0 saturated heterocycles. The maximum absolute atomic E-state index is 12.6. The van der Waals surface area contributed by atoms with Crippen LogP contribution in [0.15, 0.2) is 97.2 Å². The van der Waals surface area contributed by atoms with Gasteiger partial charge in [-0.1, -0.05) is 143 Å². The third-order valence-corrected chi connectivity index (χ3v) is 9.77. The highest BCUT2D eigenvalue weighted by atomic mass is 31.2. The molecule has 340 valence electrons. The number of ether oxygens (including phenoxy) is 2. The van der Waals surface area contributed by atoms with E-state index in [0.29, 0.717) is 12.8 Å². The standard InChI is InChI=1S/C48H78NO10P/c1-3-5-7-9-11-13-15-17-19-21-22-24-26-28-30-32-34-36-38-40-47(51)59-44(42-57-60(54,55)58-43-45(49)48(52)53)41-56-46(50)39-37-35-33-31-29-27-25-23-20-18-16-14-12-10-8-6-4-2/h5,7,11-14,17-20,22,24-25,27-28,30,44-45H,3-4,6,8-10,15-16,21,23,26,29,31-43,49H2,1-2H3,(H,52,53)(H,54,55)/b7-5-,13-11-,14-12-,19-17-,20-18-,24-22-,27-25-,30-28-/t44-,45+/m1/s1. The molecule has 0 aromatic rings. The molecule has 0 heterocycles. The number of carboxylic acid groups (broad SMARTS) is 1. The molecule has 0 fully saturated rings. The van der Waals surface area contributed by atoms with Crippen molar-refractivity contribution in [1.82, 2.24) is 0 Å². The summed E-state index contributed by atoms with van der Waals surface area (Å²) in [5.74, 6) is -2.46. The number of rotatable bonds is 40. The van der Waals surface area contributed by atoms with E-state index in [9.17, 15) is 23.8 Å². The molecule has 0 amide bonds. The smallest absolute Gasteiger partial charge is 0.472 e. The number of phosphoric acid groups is 1. The average molecular weight is 860 g/mol. The van der Waals surface area contributed by atoms with Crippen LogP contribution >= 0.6 is 7.82 Å². The van der Waals surface area contributed by atoms with Gasteiger partial charge < -0.3 is 25.2 Å². The molecule has 12 heteroatoms. The first-order chi connectivity index (χ1) is 29.1. The monoisotopic (exact) mass is 860 g/mol. The fraction of sp³-hybridized carbons (Fsp3) is 0.604. The molecule has 0 rings (SSSR count). The topological polar surface area (TPSA) is 172 Å². The zero-order chi connectivity index (χ0) is 44.2. The Morgan fingerprint density at radius 2 is 0.933 bits per heavy atom. The van der Waals surface area contributed by atoms with E-state index in [0.717, 1.165) is 96.3 Å². The maximum atomic E-state index is 12.6. The van der Waals surface area contributed by atoms with Gasteiger partial charge in [0, 0.05) is 12.8 Å². The molecule has 0 spiro atoms. The van der Waals surface area contributed by atoms with Gasteiger partial charge in [-0.15, -0.1) is 0 Å². The number of phosphoric ester groups is 1. The Bertz CT molecular complexity index is 1380. The highest BCUT2D eigenvalue weighted by molar-refractivity contribution is 7.47. The molecule has 0 aromatic heterocycles. The van der Waals surface area contributed by atoms with E-state index in [1.807, 2.05) is 0 Å². The van der Waals surface area contributed by atoms with Crippen LogP contribution in [0.4, 0.5) is 0 Å². The van der Waals surface area contributed by atoms with Gasteiger partial charge in [0.05, 0.1) is 13.2 Å². The Hall–Kier alpha value is -3.60. The minimum atomic E-state index is -4.74. The summed E-state index contributed by atoms with van der Waals surface area (Å²) in [5, 5.41) is 8.90. The lowest BCUT2D eigenvalue weighted by Crippen LogP contribution is -2.34. The number of carbonyl (C=O) groups excluding carboxylic acids is 2. The summed E-state index contributed by atoms with van der Waals surface area (Å²) in [7, 11) is -4.74. The second-order valence-corrected chi connectivity index (χ2v) is 15.9. The minimum Gasteiger partial charge on any atom is -0.480 e. The maximum Gasteiger partial charge on any atom is 0.472 e. The molecule has 0 aromatic carbocycles. The molecule has 4 N–H and O–H groups in total. The number of aliphatic carboxylic acids is 1. The summed E-state index contributed by atoms with van der Waals surface area (Å²) in [6.45, 7) is 2.59. The summed E-state index contributed by atoms with van der Waals surface area (Å²) in [6, 6.07) is -1.54. The first-order valence-electron chi connectivity index (χ1n) is 22.3. The molecule has 0 aliphatic carbocycles. The fourth-order valence-corrected chi connectivity index (χ4v) is 6.11. The highest BCUT2D eigenvalue weighted by Gasteiger charge is 2.28. The predicted molar refractivity (Wildman–Crippen MR) is 244 cm³/mol. The molecular formula is C48H78NO10P. The lowest BCUT2D eigenvalue weighted by Gasteiger charge is -2.20. The van der Waals surface area contributed by atoms with Crippen molar-refractivity contribution < 1.29 is 47.5 Å². The second kappa shape index (κ2) is 42.1. The molecule has 60 heavy (non-hydrogen) atoms. The SMILES string of the molecule is CC/C=C\C/C=C\C/C=C\C/C=C\C/C=C\CCCCCC(=O)O[C@H](COC(=O)CCCCCC/C=C\C/C=C\C/C=C\CCCCC)COP(=O)(O)OC[C@H](N)C(=O)O. The van der Waals surface area contributed by atoms with Crippen LogP contribution in [0.1, 0.15) is 155 Å². The summed E-state index contributed by atoms with van der Waals surface area (Å²) in [5.41, 5.74) is 5.33. The third kappa shape index (κ3) is 41.1. The largest absolute Gasteiger partial charge is 0.480 e. The van der Waals surface area contributed by atoms with E-state index in [1.54, 1.807) is 0 Å². The van der Waals surface area contributed by atoms with Crippen molar-refractivity contribution in [3.63, 3.8) is 0 Å². The van der Waals surface area contributed by atoms with E-state index < -0.39 is 51.1 Å². The van der Waals surface area contributed by atoms with Crippen LogP contribution in [0.5, 0.6) is 0 Å². The van der Waals surface area contributed by atoms with Gasteiger partial charge in [0.15, 0.2) is 6.10 Å². The van der Waals surface area contributed by atoms with Crippen molar-refractivity contribution in [3.8, 4) is 0 Å². The number of allylic oxidation sites excluding steroid dienone is 16. The summed E-state index contributed by atoms with van der Waals surface area (Å²) in [4.78, 5) is 46.0. The molecule has 0 bridgehead atoms. The Labute approximate surface area is 362 Å². The van der Waals surface area contributed by atoms with Crippen molar-refractivity contribution in [2.75, 3.05) is 19.8 Å². The highest BCUT2D eigenvalue weighted by Crippen LogP contribution is 2.43. The van der Waals surface area contributed by atoms with E-state index in [1.165, 1.54) is 19.3 Å². The lowest BCUT2D eigenvalue weighted by molar-refractivity contribution is -0.161. The van der Waals surface area contributed by atoms with Gasteiger partial charge >= 0.3 is 25.7 Å². The van der Waals surface area contributed by atoms with Gasteiger partial charge in [-0.25, -0.2) is 4.57 Å². The van der Waals surface area contributed by atoms with Gasteiger partial charge in [-0.05, 0) is 96.3 Å². The van der Waals surface area contributed by atoms with Gasteiger partial charge in [-0.3, -0.25) is 23.4 Å². The lowest BCUT2D eigenvalue weighted by atomic mass is 10.1. The van der Waals surface area contributed by atoms with Gasteiger partial charge in [-0.2, -0.15) is 0 Å². The first-order valence-corrected chi connectivity index (χ1v) is 23.8. The number of carboxylic acids is 1. The number of esters is 2. The van der Waals surface area contributed by atoms with Crippen molar-refractivity contribution in [2.24, 2.45) is 5.73 Å². The molecule has 0 aliphatic heterocycles. The quantitative estimate of drug-likeness (QED) is 0.0232. The second-order valence-electron chi connectivity index (χ2n) is 14.4. The van der Waals surface area contributed by atoms with Crippen molar-refractivity contribution in [1.29, 1.82) is 0 Å². The number of carbonyl (C=O) groups is 3. The fourth-order valence-electron chi connectivity index (χ4n) is 5.33. The Morgan fingerprint density at radius 3 is 1.40 bits per heavy atom. The van der Waals surface area contributed by atoms with Crippen LogP contribution in [0.3, 0.4) is 0 Å². The van der Waals surface area contributed by atoms with Gasteiger partial charge in [0.1, 0.15) is 12.6 Å². The Morgan fingerprint density at radius 1 is 0.533 bits per heavy atom. The van der Waals surface area contributed by atoms with E-state index >= 15 is 0 Å². The minimum absolute atomic E-state index is 0.111. The Balaban J connectivity index is 4.49. The van der Waals surface area contributed by atoms with Crippen LogP contribution in [0, 0.1) is 0 Å². The summed E-state index contributed by atoms with van der Waals surface area (Å²) < 4.78 is 32.7. The molecule has 1 unspecified atom stereocenters. The Kier molecular flexibility index (Phi) is 39.6. The molecule has 11 nitrogen and oxygen atoms in total. The molecule has 0 aliphatic rings. The van der Waals surface area contributed by atoms with Gasteiger partial charge in [0.2, 0.25) is 0 Å². The van der Waals surface area contributed by atoms with E-state index in [-0.39, 0.29) is 19.4 Å². The third-order valence-electron chi connectivity index (χ3n) is 8.82. The summed E-state index contributed by atoms with van der Waals surface area (Å²) >= 11 is 0. The van der Waals surface area contributed by atoms with Crippen LogP contribution in [-0.4, -0.2) is 59.9 Å². The van der Waals surface area contributed by atoms with Crippen molar-refractivity contribution >= 4 is 25.7 Å². The first kappa shape index (κ1) is 56.4. The van der Waals surface area contributed by atoms with E-state index in [4.69, 9.17) is 24.8 Å². The zero-order valence-electron chi connectivity index (χ0n) is 36.8. The van der Waals surface area contributed by atoms with Crippen LogP contribution in [0.2, 0.25) is 0 Å². The molecular weight excluding hydrogens is 781 g/mol. The zero-order valence-corrected chi connectivity index (χ0v) is 37.6. The van der Waals surface area contributed by atoms with Crippen molar-refractivity contribution in [3.05, 3.63) is 97.2 Å². The van der Waals surface area contributed by atoms with Gasteiger partial charge in [0.25, 0.3) is 0 Å². The molecule has 3 atom stereocenters. The molecule has 0 saturated carbocycles. The summed E-state index contributed by atoms with van der Waals surface area (Å²) in [6.07, 6.45) is 53.2. The number of hydrogen-bond donors (Lipinski definition) is 3. The van der Waals surface area contributed by atoms with Crippen LogP contribution < -0.4 is 5.73 Å². The average Bonchev–Trinajstić information content (AvgIpc) is 3.22. The van der Waals surface area contributed by atoms with Crippen molar-refractivity contribution in [2.45, 2.75) is 167 Å². The molecule has 0 radical (unpaired) electrons. The van der Waals surface area contributed by atoms with Crippen LogP contribution in [0.25, 0.3) is 0 Å². The van der Waals surface area contributed by atoms with E-state index in [2.05, 4.69) is 116 Å². The number of unbranched alkanes of at least 4 members (excludes halogenated alkanes) is 10. The number of hydrogen-bond acceptors (Lipinski definition) is 9. The normalized spacial score (nSPS) is 14.6.